The van der Waals surface area contributed by atoms with E-state index in [9.17, 15) is 23.3 Å². The maximum absolute atomic E-state index is 14.7. The van der Waals surface area contributed by atoms with Gasteiger partial charge < -0.3 is 43.8 Å². The number of benzene rings is 3. The summed E-state index contributed by atoms with van der Waals surface area (Å²) < 4.78 is 60.5. The summed E-state index contributed by atoms with van der Waals surface area (Å²) in [6.45, 7) is 9.12. The average molecular weight is 975 g/mol. The van der Waals surface area contributed by atoms with Gasteiger partial charge >= 0.3 is 0 Å². The van der Waals surface area contributed by atoms with Crippen LogP contribution in [0.1, 0.15) is 85.8 Å². The van der Waals surface area contributed by atoms with Crippen LogP contribution in [0.15, 0.2) is 77.8 Å². The van der Waals surface area contributed by atoms with Crippen LogP contribution in [0.25, 0.3) is 11.0 Å². The number of aromatic nitrogens is 2. The highest BCUT2D eigenvalue weighted by atomic mass is 32.2. The molecule has 19 heteroatoms. The highest BCUT2D eigenvalue weighted by Crippen LogP contribution is 2.55. The third kappa shape index (κ3) is 7.99. The first-order valence-corrected chi connectivity index (χ1v) is 26.1. The fraction of sp³-hybridized carbons (Fsp3) is 0.490. The first-order valence-electron chi connectivity index (χ1n) is 24.7. The molecular formula is C51H58N8O10S. The number of carbonyl (C=O) groups excluding carboxylic acids is 1. The van der Waals surface area contributed by atoms with Crippen LogP contribution >= 0.6 is 0 Å². The van der Waals surface area contributed by atoms with Crippen molar-refractivity contribution in [2.24, 2.45) is 5.41 Å². The van der Waals surface area contributed by atoms with E-state index in [1.807, 2.05) is 29.2 Å². The lowest BCUT2D eigenvalue weighted by atomic mass is 9.59. The number of likely N-dealkylation sites (tertiary alicyclic amines) is 1. The number of nitrogens with one attached hydrogen (secondary N) is 3. The van der Waals surface area contributed by atoms with Crippen LogP contribution in [0.2, 0.25) is 0 Å². The lowest BCUT2D eigenvalue weighted by molar-refractivity contribution is -0.384. The van der Waals surface area contributed by atoms with E-state index in [2.05, 4.69) is 62.9 Å². The predicted molar refractivity (Wildman–Crippen MR) is 261 cm³/mol. The number of sulfonamides is 1. The summed E-state index contributed by atoms with van der Waals surface area (Å²) in [7, 11) is -4.71. The molecule has 0 bridgehead atoms. The first kappa shape index (κ1) is 45.2. The van der Waals surface area contributed by atoms with Gasteiger partial charge in [0.15, 0.2) is 11.4 Å². The van der Waals surface area contributed by atoms with Crippen molar-refractivity contribution in [2.75, 3.05) is 74.4 Å². The zero-order valence-electron chi connectivity index (χ0n) is 39.3. The van der Waals surface area contributed by atoms with Crippen LogP contribution in [0, 0.1) is 15.5 Å². The molecule has 70 heavy (non-hydrogen) atoms. The van der Waals surface area contributed by atoms with Gasteiger partial charge in [0.2, 0.25) is 5.88 Å². The van der Waals surface area contributed by atoms with Gasteiger partial charge in [-0.15, -0.1) is 0 Å². The summed E-state index contributed by atoms with van der Waals surface area (Å²) in [6.07, 6.45) is 7.85. The summed E-state index contributed by atoms with van der Waals surface area (Å²) in [5.74, 6) is -0.103. The Morgan fingerprint density at radius 1 is 0.943 bits per heavy atom. The summed E-state index contributed by atoms with van der Waals surface area (Å²) in [6, 6.07) is 20.7. The van der Waals surface area contributed by atoms with E-state index in [1.54, 1.807) is 12.3 Å². The molecule has 1 amide bonds. The van der Waals surface area contributed by atoms with Gasteiger partial charge in [-0.05, 0) is 97.9 Å². The molecule has 6 aliphatic heterocycles. The molecule has 8 heterocycles. The Hall–Kier alpha value is -5.99. The maximum atomic E-state index is 14.7. The number of ether oxygens (including phenoxy) is 5. The number of rotatable bonds is 10. The van der Waals surface area contributed by atoms with Gasteiger partial charge in [0.25, 0.3) is 21.6 Å². The van der Waals surface area contributed by atoms with Gasteiger partial charge in [-0.25, -0.2) is 13.1 Å². The van der Waals surface area contributed by atoms with E-state index in [0.717, 1.165) is 49.6 Å². The van der Waals surface area contributed by atoms with Gasteiger partial charge in [0, 0.05) is 54.6 Å². The Morgan fingerprint density at radius 2 is 1.77 bits per heavy atom. The molecule has 3 aromatic carbocycles. The second-order valence-corrected chi connectivity index (χ2v) is 22.0. The molecule has 12 rings (SSSR count). The minimum atomic E-state index is -4.71. The number of hydrogen-bond donors (Lipinski definition) is 3. The molecule has 1 spiro atoms. The number of fused-ring (bicyclic) bond motifs is 4. The monoisotopic (exact) mass is 974 g/mol. The number of nitro benzene ring substituents is 1. The fourth-order valence-electron chi connectivity index (χ4n) is 12.3. The van der Waals surface area contributed by atoms with Crippen molar-refractivity contribution in [3.63, 3.8) is 0 Å². The van der Waals surface area contributed by atoms with Crippen LogP contribution in [0.5, 0.6) is 11.6 Å². The second-order valence-electron chi connectivity index (χ2n) is 20.3. The van der Waals surface area contributed by atoms with E-state index < -0.39 is 49.7 Å². The number of amides is 1. The number of carbonyl (C=O) groups is 1. The molecule has 3 N–H and O–H groups in total. The number of nitrogens with zero attached hydrogens (tertiary/aromatic N) is 5. The minimum Gasteiger partial charge on any atom is -0.489 e. The number of hydrogen-bond acceptors (Lipinski definition) is 15. The molecule has 1 aliphatic carbocycles. The first-order chi connectivity index (χ1) is 33.9. The molecular weight excluding hydrogens is 917 g/mol. The Kier molecular flexibility index (Phi) is 11.4. The average Bonchev–Trinajstić information content (AvgIpc) is 4.16. The molecule has 0 unspecified atom stereocenters. The van der Waals surface area contributed by atoms with Gasteiger partial charge in [-0.2, -0.15) is 4.98 Å². The summed E-state index contributed by atoms with van der Waals surface area (Å²) in [5.41, 5.74) is 5.43. The molecule has 0 radical (unpaired) electrons. The van der Waals surface area contributed by atoms with Gasteiger partial charge in [0.1, 0.15) is 30.1 Å². The van der Waals surface area contributed by atoms with E-state index in [4.69, 9.17) is 28.7 Å². The van der Waals surface area contributed by atoms with Crippen molar-refractivity contribution in [2.45, 2.75) is 99.6 Å². The van der Waals surface area contributed by atoms with Crippen LogP contribution < -0.4 is 29.3 Å². The molecule has 5 aromatic rings. The van der Waals surface area contributed by atoms with Gasteiger partial charge in [-0.3, -0.25) is 19.8 Å². The Labute approximate surface area is 406 Å². The van der Waals surface area contributed by atoms with E-state index in [0.29, 0.717) is 67.3 Å². The molecule has 368 valence electrons. The molecule has 5 atom stereocenters. The van der Waals surface area contributed by atoms with Crippen molar-refractivity contribution in [1.82, 2.24) is 19.6 Å². The quantitative estimate of drug-likeness (QED) is 0.0937. The molecule has 4 saturated heterocycles. The Balaban J connectivity index is 0.831. The Morgan fingerprint density at radius 3 is 2.57 bits per heavy atom. The van der Waals surface area contributed by atoms with Crippen LogP contribution in [0.3, 0.4) is 0 Å². The second kappa shape index (κ2) is 17.7. The van der Waals surface area contributed by atoms with Crippen molar-refractivity contribution in [3.8, 4) is 11.6 Å². The molecule has 2 aromatic heterocycles. The topological polar surface area (TPSA) is 203 Å². The lowest BCUT2D eigenvalue weighted by Crippen LogP contribution is -2.55. The summed E-state index contributed by atoms with van der Waals surface area (Å²) >= 11 is 0. The van der Waals surface area contributed by atoms with Crippen molar-refractivity contribution in [3.05, 3.63) is 99.7 Å². The third-order valence-corrected chi connectivity index (χ3v) is 17.2. The van der Waals surface area contributed by atoms with E-state index in [1.165, 1.54) is 42.9 Å². The van der Waals surface area contributed by atoms with Crippen LogP contribution in [0.4, 0.5) is 28.4 Å². The SMILES string of the molecule is CC(C)c1ccccc1[C@@H]1CCCN1C1CC2(CCN(c3ccc(C(=O)NS(=O)(=O)c4cc5c(c([N+](=O)[O-])c4)N[C@H]([C@H]4COCCO4)CO5)c(N4c5cc6cc[nH]c6nc5O[C@H]5COC[C@@H]54)c3)CC2)C1. The van der Waals surface area contributed by atoms with Crippen LogP contribution in [-0.4, -0.2) is 124 Å². The van der Waals surface area contributed by atoms with Crippen molar-refractivity contribution in [1.29, 1.82) is 0 Å². The zero-order chi connectivity index (χ0) is 47.9. The largest absolute Gasteiger partial charge is 0.489 e. The molecule has 5 fully saturated rings. The summed E-state index contributed by atoms with van der Waals surface area (Å²) in [4.78, 5) is 41.1. The smallest absolute Gasteiger partial charge is 0.297 e. The molecule has 1 saturated carbocycles. The lowest BCUT2D eigenvalue weighted by Gasteiger charge is -2.56. The van der Waals surface area contributed by atoms with Crippen LogP contribution in [-0.2, 0) is 24.2 Å². The van der Waals surface area contributed by atoms with Crippen molar-refractivity contribution < 1.29 is 41.8 Å². The fourth-order valence-corrected chi connectivity index (χ4v) is 13.3. The molecule has 7 aliphatic rings. The third-order valence-electron chi connectivity index (χ3n) is 15.9. The summed E-state index contributed by atoms with van der Waals surface area (Å²) in [5, 5.41) is 16.4. The highest BCUT2D eigenvalue weighted by Gasteiger charge is 2.50. The number of piperidine rings is 1. The molecule has 18 nitrogen and oxygen atoms in total. The zero-order valence-corrected chi connectivity index (χ0v) is 40.1. The number of pyridine rings is 1. The number of nitro groups is 1. The van der Waals surface area contributed by atoms with E-state index >= 15 is 0 Å². The van der Waals surface area contributed by atoms with Gasteiger partial charge in [0.05, 0.1) is 66.2 Å². The minimum absolute atomic E-state index is 0.0206. The van der Waals surface area contributed by atoms with E-state index in [-0.39, 0.29) is 41.7 Å². The van der Waals surface area contributed by atoms with Crippen molar-refractivity contribution >= 4 is 55.4 Å². The van der Waals surface area contributed by atoms with Gasteiger partial charge in [-0.1, -0.05) is 38.1 Å². The number of H-pyrrole nitrogens is 1. The normalized spacial score (nSPS) is 25.4. The maximum Gasteiger partial charge on any atom is 0.297 e. The number of anilines is 4. The predicted octanol–water partition coefficient (Wildman–Crippen LogP) is 7.19. The Bertz CT molecular complexity index is 2960. The number of aromatic amines is 1. The highest BCUT2D eigenvalue weighted by molar-refractivity contribution is 7.90. The standard InChI is InChI=1S/C51H58N8O10S/c1-30(2)35-6-3-4-7-36(35)39-8-5-15-57(39)33-24-51(25-33)12-16-56(17-13-51)32-9-10-37(40(21-32)58-42-20-31-11-14-52-48(31)54-50(42)69-46-29-66-27-43(46)58)49(60)55-70(63,64)34-22-41(59(61)62)47-44(23-34)68-26-38(53-47)45-28-65-18-19-67-45/h3-4,6-7,9-11,14,20-23,30,33,38-39,43,45-46,53H,5,8,12-13,15-19,24-29H2,1-2H3,(H,52,54)(H,55,60)/t38-,39-,43-,45+,46-/m0/s1.